The molecule has 0 N–H and O–H groups in total. The quantitative estimate of drug-likeness (QED) is 0.227. The highest BCUT2D eigenvalue weighted by molar-refractivity contribution is 14.1. The van der Waals surface area contributed by atoms with Crippen LogP contribution in [0.3, 0.4) is 0 Å². The Morgan fingerprint density at radius 2 is 1.94 bits per heavy atom. The van der Waals surface area contributed by atoms with Crippen LogP contribution >= 0.6 is 22.6 Å². The molecule has 0 saturated heterocycles. The van der Waals surface area contributed by atoms with Gasteiger partial charge in [0, 0.05) is 43.0 Å². The van der Waals surface area contributed by atoms with Gasteiger partial charge >= 0.3 is 0 Å². The van der Waals surface area contributed by atoms with Crippen LogP contribution in [0.25, 0.3) is 11.1 Å². The van der Waals surface area contributed by atoms with E-state index in [4.69, 9.17) is 4.74 Å². The monoisotopic (exact) mass is 561 g/mol. The normalized spacial score (nSPS) is 12.8. The summed E-state index contributed by atoms with van der Waals surface area (Å²) in [6.45, 7) is 4.49. The van der Waals surface area contributed by atoms with Gasteiger partial charge in [0.05, 0.1) is 12.8 Å². The first kappa shape index (κ1) is 25.1. The second-order valence-corrected chi connectivity index (χ2v) is 9.12. The molecule has 0 bridgehead atoms. The predicted octanol–water partition coefficient (Wildman–Crippen LogP) is 5.96. The molecule has 5 nitrogen and oxygen atoms in total. The number of carbonyl (C=O) groups is 1. The molecule has 1 aromatic carbocycles. The van der Waals surface area contributed by atoms with Crippen molar-refractivity contribution in [1.29, 1.82) is 0 Å². The molecule has 1 unspecified atom stereocenters. The zero-order valence-electron chi connectivity index (χ0n) is 19.2. The Balaban J connectivity index is 1.84. The lowest BCUT2D eigenvalue weighted by Gasteiger charge is -2.34. The van der Waals surface area contributed by atoms with Gasteiger partial charge in [-0.3, -0.25) is 9.78 Å². The summed E-state index contributed by atoms with van der Waals surface area (Å²) in [5.74, 6) is 0.0843. The molecule has 3 rings (SSSR count). The Kier molecular flexibility index (Phi) is 9.17. The van der Waals surface area contributed by atoms with E-state index in [2.05, 4.69) is 39.5 Å². The van der Waals surface area contributed by atoms with Crippen LogP contribution in [0.4, 0.5) is 4.39 Å². The van der Waals surface area contributed by atoms with Gasteiger partial charge in [0.15, 0.2) is 0 Å². The van der Waals surface area contributed by atoms with Crippen molar-refractivity contribution in [3.8, 4) is 17.0 Å². The molecule has 33 heavy (non-hydrogen) atoms. The van der Waals surface area contributed by atoms with Crippen LogP contribution in [0.15, 0.2) is 61.1 Å². The third-order valence-electron chi connectivity index (χ3n) is 5.80. The van der Waals surface area contributed by atoms with Gasteiger partial charge in [0.25, 0.3) is 5.91 Å². The summed E-state index contributed by atoms with van der Waals surface area (Å²) in [7, 11) is 1.87. The van der Waals surface area contributed by atoms with E-state index in [1.807, 2.05) is 49.2 Å². The number of benzene rings is 1. The fraction of sp³-hybridized carbons (Fsp3) is 0.346. The maximum absolute atomic E-state index is 13.7. The van der Waals surface area contributed by atoms with Gasteiger partial charge in [0.1, 0.15) is 5.82 Å². The van der Waals surface area contributed by atoms with Gasteiger partial charge in [-0.15, -0.1) is 0 Å². The molecule has 0 fully saturated rings. The molecule has 0 aliphatic rings. The number of nitrogens with zero attached hydrogens (tertiary/aromatic N) is 3. The largest absolute Gasteiger partial charge is 0.477 e. The third kappa shape index (κ3) is 6.50. The van der Waals surface area contributed by atoms with Gasteiger partial charge < -0.3 is 9.64 Å². The minimum Gasteiger partial charge on any atom is -0.477 e. The number of aryl methyl sites for hydroxylation is 1. The number of rotatable bonds is 10. The van der Waals surface area contributed by atoms with Crippen molar-refractivity contribution in [2.75, 3.05) is 18.1 Å². The van der Waals surface area contributed by atoms with Crippen molar-refractivity contribution in [3.05, 3.63) is 78.0 Å². The number of pyridine rings is 2. The van der Waals surface area contributed by atoms with Crippen LogP contribution in [0.1, 0.15) is 35.7 Å². The lowest BCUT2D eigenvalue weighted by atomic mass is 9.92. The van der Waals surface area contributed by atoms with Gasteiger partial charge in [-0.25, -0.2) is 9.37 Å². The van der Waals surface area contributed by atoms with Gasteiger partial charge in [0.2, 0.25) is 5.88 Å². The lowest BCUT2D eigenvalue weighted by molar-refractivity contribution is 0.0614. The standard InChI is InChI=1S/C26H29FIN3O2/c1-4-24(20(9-12-28)17-33-25-8-6-21(27)16-30-25)31(3)26(32)23-15-18(2)5-7-22(23)19-10-13-29-14-11-19/h5-8,10-11,13-16,20,24H,4,9,12,17H2,1-3H3/t20-,24?/m1/s1. The first-order valence-corrected chi connectivity index (χ1v) is 12.6. The molecule has 2 aromatic heterocycles. The second kappa shape index (κ2) is 12.1. The van der Waals surface area contributed by atoms with Crippen molar-refractivity contribution in [2.45, 2.75) is 32.7 Å². The van der Waals surface area contributed by atoms with Crippen molar-refractivity contribution >= 4 is 28.5 Å². The van der Waals surface area contributed by atoms with Gasteiger partial charge in [-0.05, 0) is 59.6 Å². The minimum atomic E-state index is -0.397. The van der Waals surface area contributed by atoms with E-state index >= 15 is 0 Å². The average molecular weight is 561 g/mol. The summed E-state index contributed by atoms with van der Waals surface area (Å²) in [4.78, 5) is 23.7. The first-order chi connectivity index (χ1) is 15.9. The molecule has 3 aromatic rings. The summed E-state index contributed by atoms with van der Waals surface area (Å²) in [6.07, 6.45) is 6.30. The lowest BCUT2D eigenvalue weighted by Crippen LogP contribution is -2.44. The smallest absolute Gasteiger partial charge is 0.254 e. The molecule has 0 aliphatic carbocycles. The molecule has 7 heteroatoms. The number of hydrogen-bond donors (Lipinski definition) is 0. The Morgan fingerprint density at radius 3 is 2.58 bits per heavy atom. The van der Waals surface area contributed by atoms with Gasteiger partial charge in [-0.1, -0.05) is 47.2 Å². The van der Waals surface area contributed by atoms with Crippen molar-refractivity contribution in [1.82, 2.24) is 14.9 Å². The minimum absolute atomic E-state index is 0.0153. The Morgan fingerprint density at radius 1 is 1.18 bits per heavy atom. The molecule has 0 radical (unpaired) electrons. The van der Waals surface area contributed by atoms with E-state index in [0.29, 0.717) is 18.1 Å². The van der Waals surface area contributed by atoms with E-state index in [9.17, 15) is 9.18 Å². The Labute approximate surface area is 208 Å². The number of hydrogen-bond acceptors (Lipinski definition) is 4. The number of alkyl halides is 1. The topological polar surface area (TPSA) is 55.3 Å². The van der Waals surface area contributed by atoms with Crippen molar-refractivity contribution in [2.24, 2.45) is 5.92 Å². The summed E-state index contributed by atoms with van der Waals surface area (Å²) in [5.41, 5.74) is 3.57. The summed E-state index contributed by atoms with van der Waals surface area (Å²) >= 11 is 2.35. The van der Waals surface area contributed by atoms with E-state index < -0.39 is 5.82 Å². The van der Waals surface area contributed by atoms with Crippen molar-refractivity contribution < 1.29 is 13.9 Å². The summed E-state index contributed by atoms with van der Waals surface area (Å²) < 4.78 is 20.0. The maximum Gasteiger partial charge on any atom is 0.254 e. The number of halogens is 2. The highest BCUT2D eigenvalue weighted by Crippen LogP contribution is 2.28. The number of ether oxygens (including phenoxy) is 1. The second-order valence-electron chi connectivity index (χ2n) is 8.04. The molecular formula is C26H29FIN3O2. The molecule has 1 amide bonds. The molecular weight excluding hydrogens is 532 g/mol. The fourth-order valence-corrected chi connectivity index (χ4v) is 4.85. The third-order valence-corrected chi connectivity index (χ3v) is 6.43. The van der Waals surface area contributed by atoms with Crippen LogP contribution in [0.2, 0.25) is 0 Å². The fourth-order valence-electron chi connectivity index (χ4n) is 4.05. The zero-order valence-corrected chi connectivity index (χ0v) is 21.3. The van der Waals surface area contributed by atoms with Crippen LogP contribution in [-0.4, -0.2) is 44.9 Å². The maximum atomic E-state index is 13.7. The molecule has 2 heterocycles. The number of amides is 1. The molecule has 174 valence electrons. The highest BCUT2D eigenvalue weighted by atomic mass is 127. The number of aromatic nitrogens is 2. The van der Waals surface area contributed by atoms with E-state index in [0.717, 1.165) is 40.2 Å². The average Bonchev–Trinajstić information content (AvgIpc) is 2.84. The van der Waals surface area contributed by atoms with Crippen LogP contribution in [0, 0.1) is 18.7 Å². The molecule has 0 spiro atoms. The van der Waals surface area contributed by atoms with E-state index in [1.54, 1.807) is 12.4 Å². The Bertz CT molecular complexity index is 1050. The highest BCUT2D eigenvalue weighted by Gasteiger charge is 2.29. The summed E-state index contributed by atoms with van der Waals surface area (Å²) in [5, 5.41) is 0. The van der Waals surface area contributed by atoms with E-state index in [-0.39, 0.29) is 17.9 Å². The number of carbonyl (C=O) groups excluding carboxylic acids is 1. The zero-order chi connectivity index (χ0) is 23.8. The first-order valence-electron chi connectivity index (χ1n) is 11.0. The SMILES string of the molecule is CCC([C@H](CCI)COc1ccc(F)cn1)N(C)C(=O)c1cc(C)ccc1-c1ccncc1. The van der Waals surface area contributed by atoms with Crippen LogP contribution < -0.4 is 4.74 Å². The van der Waals surface area contributed by atoms with E-state index in [1.165, 1.54) is 12.1 Å². The predicted molar refractivity (Wildman–Crippen MR) is 137 cm³/mol. The van der Waals surface area contributed by atoms with Gasteiger partial charge in [-0.2, -0.15) is 0 Å². The molecule has 0 saturated carbocycles. The molecule has 2 atom stereocenters. The van der Waals surface area contributed by atoms with Crippen LogP contribution in [0.5, 0.6) is 5.88 Å². The van der Waals surface area contributed by atoms with Crippen molar-refractivity contribution in [3.63, 3.8) is 0 Å². The van der Waals surface area contributed by atoms with Crippen LogP contribution in [-0.2, 0) is 0 Å². The molecule has 0 aliphatic heterocycles. The summed E-state index contributed by atoms with van der Waals surface area (Å²) in [6, 6.07) is 12.7. The Hall–Kier alpha value is -2.55.